The van der Waals surface area contributed by atoms with Crippen LogP contribution in [0.15, 0.2) is 0 Å². The first kappa shape index (κ1) is 13.9. The van der Waals surface area contributed by atoms with E-state index in [0.717, 1.165) is 32.4 Å². The summed E-state index contributed by atoms with van der Waals surface area (Å²) in [5, 5.41) is 12.2. The van der Waals surface area contributed by atoms with E-state index in [4.69, 9.17) is 9.84 Å². The number of hydrogen-bond donors (Lipinski definition) is 2. The van der Waals surface area contributed by atoms with E-state index in [1.807, 2.05) is 0 Å². The van der Waals surface area contributed by atoms with Gasteiger partial charge < -0.3 is 15.2 Å². The minimum atomic E-state index is 0.239. The molecule has 1 aliphatic carbocycles. The summed E-state index contributed by atoms with van der Waals surface area (Å²) in [6.45, 7) is 8.80. The standard InChI is InChI=1S/C13H27NO2/c1-4-5-9-16-12-10-11(13(12,2)3)14-7-6-8-15/h11-12,14-15H,4-10H2,1-3H3. The van der Waals surface area contributed by atoms with Gasteiger partial charge in [0.15, 0.2) is 0 Å². The third kappa shape index (κ3) is 3.44. The minimum Gasteiger partial charge on any atom is -0.396 e. The Morgan fingerprint density at radius 3 is 2.69 bits per heavy atom. The fraction of sp³-hybridized carbons (Fsp3) is 1.00. The van der Waals surface area contributed by atoms with Crippen LogP contribution in [0.25, 0.3) is 0 Å². The Morgan fingerprint density at radius 1 is 1.38 bits per heavy atom. The Morgan fingerprint density at radius 2 is 2.12 bits per heavy atom. The van der Waals surface area contributed by atoms with Crippen LogP contribution in [-0.4, -0.2) is 37.0 Å². The number of aliphatic hydroxyl groups excluding tert-OH is 1. The second-order valence-electron chi connectivity index (χ2n) is 5.35. The molecule has 1 saturated carbocycles. The molecule has 96 valence electrons. The largest absolute Gasteiger partial charge is 0.396 e. The van der Waals surface area contributed by atoms with Crippen molar-refractivity contribution in [3.05, 3.63) is 0 Å². The van der Waals surface area contributed by atoms with E-state index >= 15 is 0 Å². The average molecular weight is 229 g/mol. The Bertz CT molecular complexity index is 176. The molecule has 1 fully saturated rings. The second kappa shape index (κ2) is 6.58. The third-order valence-electron chi connectivity index (χ3n) is 3.72. The van der Waals surface area contributed by atoms with Crippen LogP contribution in [0, 0.1) is 5.41 Å². The van der Waals surface area contributed by atoms with E-state index in [-0.39, 0.29) is 12.0 Å². The van der Waals surface area contributed by atoms with Gasteiger partial charge in [-0.2, -0.15) is 0 Å². The van der Waals surface area contributed by atoms with Crippen molar-refractivity contribution in [3.8, 4) is 0 Å². The summed E-state index contributed by atoms with van der Waals surface area (Å²) in [5.41, 5.74) is 0.239. The molecule has 2 unspecified atom stereocenters. The fourth-order valence-corrected chi connectivity index (χ4v) is 2.24. The van der Waals surface area contributed by atoms with Gasteiger partial charge in [0.25, 0.3) is 0 Å². The Kier molecular flexibility index (Phi) is 5.73. The van der Waals surface area contributed by atoms with Crippen LogP contribution in [0.3, 0.4) is 0 Å². The summed E-state index contributed by atoms with van der Waals surface area (Å²) in [7, 11) is 0. The maximum absolute atomic E-state index is 8.73. The van der Waals surface area contributed by atoms with Crippen molar-refractivity contribution >= 4 is 0 Å². The molecule has 0 aromatic carbocycles. The minimum absolute atomic E-state index is 0.239. The summed E-state index contributed by atoms with van der Waals surface area (Å²) < 4.78 is 5.88. The average Bonchev–Trinajstić information content (AvgIpc) is 2.26. The number of ether oxygens (including phenoxy) is 1. The molecule has 0 aromatic heterocycles. The zero-order valence-electron chi connectivity index (χ0n) is 11.0. The maximum atomic E-state index is 8.73. The molecule has 2 atom stereocenters. The first-order chi connectivity index (χ1) is 7.62. The highest BCUT2D eigenvalue weighted by atomic mass is 16.5. The van der Waals surface area contributed by atoms with Crippen LogP contribution in [0.4, 0.5) is 0 Å². The molecule has 0 aromatic rings. The zero-order chi connectivity index (χ0) is 12.0. The highest BCUT2D eigenvalue weighted by molar-refractivity contribution is 5.02. The topological polar surface area (TPSA) is 41.5 Å². The van der Waals surface area contributed by atoms with Gasteiger partial charge in [-0.3, -0.25) is 0 Å². The molecule has 1 aliphatic rings. The van der Waals surface area contributed by atoms with Crippen LogP contribution in [-0.2, 0) is 4.74 Å². The first-order valence-electron chi connectivity index (χ1n) is 6.58. The van der Waals surface area contributed by atoms with E-state index in [2.05, 4.69) is 26.1 Å². The molecule has 3 nitrogen and oxygen atoms in total. The normalized spacial score (nSPS) is 27.8. The maximum Gasteiger partial charge on any atom is 0.0655 e. The van der Waals surface area contributed by atoms with Crippen molar-refractivity contribution in [3.63, 3.8) is 0 Å². The van der Waals surface area contributed by atoms with Gasteiger partial charge in [0.05, 0.1) is 6.10 Å². The molecular weight excluding hydrogens is 202 g/mol. The van der Waals surface area contributed by atoms with Crippen molar-refractivity contribution in [2.75, 3.05) is 19.8 Å². The molecule has 0 saturated heterocycles. The molecule has 1 rings (SSSR count). The molecule has 0 aliphatic heterocycles. The van der Waals surface area contributed by atoms with Crippen molar-refractivity contribution in [1.82, 2.24) is 5.32 Å². The summed E-state index contributed by atoms with van der Waals surface area (Å²) in [4.78, 5) is 0. The van der Waals surface area contributed by atoms with E-state index in [0.29, 0.717) is 12.1 Å². The molecule has 16 heavy (non-hydrogen) atoms. The quantitative estimate of drug-likeness (QED) is 0.625. The Hall–Kier alpha value is -0.120. The SMILES string of the molecule is CCCCOC1CC(NCCCO)C1(C)C. The number of hydrogen-bond acceptors (Lipinski definition) is 3. The van der Waals surface area contributed by atoms with Crippen molar-refractivity contribution in [2.24, 2.45) is 5.41 Å². The van der Waals surface area contributed by atoms with Gasteiger partial charge in [-0.05, 0) is 25.8 Å². The van der Waals surface area contributed by atoms with Crippen molar-refractivity contribution < 1.29 is 9.84 Å². The first-order valence-corrected chi connectivity index (χ1v) is 6.58. The van der Waals surface area contributed by atoms with Gasteiger partial charge in [-0.15, -0.1) is 0 Å². The van der Waals surface area contributed by atoms with E-state index in [9.17, 15) is 0 Å². The predicted octanol–water partition coefficient (Wildman–Crippen LogP) is 1.94. The molecule has 0 amide bonds. The summed E-state index contributed by atoms with van der Waals surface area (Å²) in [6, 6.07) is 0.547. The molecule has 0 heterocycles. The van der Waals surface area contributed by atoms with Gasteiger partial charge in [0.1, 0.15) is 0 Å². The highest BCUT2D eigenvalue weighted by Crippen LogP contribution is 2.42. The number of rotatable bonds is 8. The molecule has 2 N–H and O–H groups in total. The molecule has 0 spiro atoms. The van der Waals surface area contributed by atoms with Gasteiger partial charge >= 0.3 is 0 Å². The lowest BCUT2D eigenvalue weighted by molar-refractivity contribution is -0.118. The molecule has 3 heteroatoms. The van der Waals surface area contributed by atoms with Crippen molar-refractivity contribution in [1.29, 1.82) is 0 Å². The number of aliphatic hydroxyl groups is 1. The zero-order valence-corrected chi connectivity index (χ0v) is 11.0. The fourth-order valence-electron chi connectivity index (χ4n) is 2.24. The lowest BCUT2D eigenvalue weighted by atomic mass is 9.64. The van der Waals surface area contributed by atoms with Gasteiger partial charge in [0, 0.05) is 24.7 Å². The summed E-state index contributed by atoms with van der Waals surface area (Å²) in [5.74, 6) is 0. The number of unbranched alkanes of at least 4 members (excludes halogenated alkanes) is 1. The molecular formula is C13H27NO2. The number of nitrogens with one attached hydrogen (secondary N) is 1. The highest BCUT2D eigenvalue weighted by Gasteiger charge is 2.48. The van der Waals surface area contributed by atoms with E-state index in [1.165, 1.54) is 6.42 Å². The Labute approximate surface area is 99.6 Å². The second-order valence-corrected chi connectivity index (χ2v) is 5.35. The lowest BCUT2D eigenvalue weighted by Gasteiger charge is -2.52. The van der Waals surface area contributed by atoms with Gasteiger partial charge in [0.2, 0.25) is 0 Å². The van der Waals surface area contributed by atoms with Gasteiger partial charge in [-0.1, -0.05) is 27.2 Å². The lowest BCUT2D eigenvalue weighted by Crippen LogP contribution is -2.61. The molecule has 0 radical (unpaired) electrons. The Balaban J connectivity index is 2.18. The molecule has 0 bridgehead atoms. The smallest absolute Gasteiger partial charge is 0.0655 e. The summed E-state index contributed by atoms with van der Waals surface area (Å²) in [6.07, 6.45) is 4.72. The van der Waals surface area contributed by atoms with Crippen molar-refractivity contribution in [2.45, 2.75) is 58.6 Å². The van der Waals surface area contributed by atoms with Crippen LogP contribution in [0.5, 0.6) is 0 Å². The predicted molar refractivity (Wildman–Crippen MR) is 66.5 cm³/mol. The third-order valence-corrected chi connectivity index (χ3v) is 3.72. The van der Waals surface area contributed by atoms with E-state index in [1.54, 1.807) is 0 Å². The van der Waals surface area contributed by atoms with E-state index < -0.39 is 0 Å². The van der Waals surface area contributed by atoms with Crippen LogP contribution >= 0.6 is 0 Å². The van der Waals surface area contributed by atoms with Gasteiger partial charge in [-0.25, -0.2) is 0 Å². The van der Waals surface area contributed by atoms with Crippen LogP contribution in [0.2, 0.25) is 0 Å². The summed E-state index contributed by atoms with van der Waals surface area (Å²) >= 11 is 0. The van der Waals surface area contributed by atoms with Crippen LogP contribution in [0.1, 0.15) is 46.5 Å². The van der Waals surface area contributed by atoms with Crippen LogP contribution < -0.4 is 5.32 Å². The monoisotopic (exact) mass is 229 g/mol.